The molecule has 0 aliphatic heterocycles. The number of benzene rings is 1. The minimum absolute atomic E-state index is 0.0599. The number of rotatable bonds is 6. The van der Waals surface area contributed by atoms with Gasteiger partial charge in [0.25, 0.3) is 5.91 Å². The average molecular weight is 342 g/mol. The average Bonchev–Trinajstić information content (AvgIpc) is 2.37. The van der Waals surface area contributed by atoms with Crippen molar-refractivity contribution < 1.29 is 9.90 Å². The number of nitrogens with zero attached hydrogens (tertiary/aromatic N) is 1. The largest absolute Gasteiger partial charge is 0.390 e. The van der Waals surface area contributed by atoms with E-state index < -0.39 is 5.60 Å². The van der Waals surface area contributed by atoms with Gasteiger partial charge in [0, 0.05) is 23.1 Å². The molecule has 1 aromatic rings. The van der Waals surface area contributed by atoms with Crippen LogP contribution in [0.15, 0.2) is 22.7 Å². The maximum Gasteiger partial charge on any atom is 0.253 e. The Morgan fingerprint density at radius 3 is 2.35 bits per heavy atom. The zero-order valence-electron chi connectivity index (χ0n) is 12.7. The van der Waals surface area contributed by atoms with Crippen LogP contribution < -0.4 is 0 Å². The van der Waals surface area contributed by atoms with Crippen LogP contribution in [0.4, 0.5) is 0 Å². The molecule has 1 rings (SSSR count). The topological polar surface area (TPSA) is 40.5 Å². The summed E-state index contributed by atoms with van der Waals surface area (Å²) in [6.45, 7) is 9.00. The lowest BCUT2D eigenvalue weighted by molar-refractivity contribution is 0.0712. The number of hydrogen-bond donors (Lipinski definition) is 1. The van der Waals surface area contributed by atoms with Crippen LogP contribution in [0.1, 0.15) is 50.0 Å². The monoisotopic (exact) mass is 341 g/mol. The smallest absolute Gasteiger partial charge is 0.253 e. The molecule has 0 saturated heterocycles. The predicted octanol–water partition coefficient (Wildman–Crippen LogP) is 3.63. The van der Waals surface area contributed by atoms with E-state index in [1.165, 1.54) is 0 Å². The van der Waals surface area contributed by atoms with Crippen molar-refractivity contribution in [3.8, 4) is 0 Å². The van der Waals surface area contributed by atoms with Crippen LogP contribution >= 0.6 is 15.9 Å². The Hall–Kier alpha value is -0.870. The first-order valence-electron chi connectivity index (χ1n) is 7.08. The molecule has 1 N–H and O–H groups in total. The predicted molar refractivity (Wildman–Crippen MR) is 86.0 cm³/mol. The fourth-order valence-electron chi connectivity index (χ4n) is 2.02. The van der Waals surface area contributed by atoms with Gasteiger partial charge in [0.1, 0.15) is 0 Å². The summed E-state index contributed by atoms with van der Waals surface area (Å²) in [7, 11) is 0. The highest BCUT2D eigenvalue weighted by Gasteiger charge is 2.16. The van der Waals surface area contributed by atoms with Gasteiger partial charge in [0.05, 0.1) is 5.60 Å². The molecule has 0 aliphatic carbocycles. The summed E-state index contributed by atoms with van der Waals surface area (Å²) in [5.74, 6) is 0.0599. The third-order valence-corrected chi connectivity index (χ3v) is 4.10. The van der Waals surface area contributed by atoms with Crippen LogP contribution in [0.25, 0.3) is 0 Å². The summed E-state index contributed by atoms with van der Waals surface area (Å²) >= 11 is 3.52. The van der Waals surface area contributed by atoms with Crippen molar-refractivity contribution in [1.82, 2.24) is 4.90 Å². The normalized spacial score (nSPS) is 11.5. The summed E-state index contributed by atoms with van der Waals surface area (Å²) in [6, 6.07) is 5.71. The first-order chi connectivity index (χ1) is 9.28. The van der Waals surface area contributed by atoms with Crippen molar-refractivity contribution in [1.29, 1.82) is 0 Å². The number of hydrogen-bond acceptors (Lipinski definition) is 2. The summed E-state index contributed by atoms with van der Waals surface area (Å²) in [5.41, 5.74) is 1.14. The fourth-order valence-corrected chi connectivity index (χ4v) is 2.59. The standard InChI is InChI=1S/C16H24BrNO2/c1-5-18(6-2)15(19)13-8-7-12(14(17)11-13)9-10-16(3,4)20/h7-8,11,20H,5-6,9-10H2,1-4H3. The molecule has 112 valence electrons. The Bertz CT molecular complexity index is 462. The molecule has 0 spiro atoms. The Labute approximate surface area is 130 Å². The van der Waals surface area contributed by atoms with Crippen molar-refractivity contribution in [3.63, 3.8) is 0 Å². The van der Waals surface area contributed by atoms with Crippen LogP contribution in [0.2, 0.25) is 0 Å². The molecular formula is C16H24BrNO2. The van der Waals surface area contributed by atoms with Gasteiger partial charge in [0.2, 0.25) is 0 Å². The highest BCUT2D eigenvalue weighted by atomic mass is 79.9. The van der Waals surface area contributed by atoms with E-state index in [1.807, 2.05) is 32.0 Å². The summed E-state index contributed by atoms with van der Waals surface area (Å²) in [4.78, 5) is 14.1. The van der Waals surface area contributed by atoms with Crippen LogP contribution in [0, 0.1) is 0 Å². The number of carbonyl (C=O) groups is 1. The summed E-state index contributed by atoms with van der Waals surface area (Å²) < 4.78 is 0.930. The SMILES string of the molecule is CCN(CC)C(=O)c1ccc(CCC(C)(C)O)c(Br)c1. The van der Waals surface area contributed by atoms with Crippen molar-refractivity contribution in [2.75, 3.05) is 13.1 Å². The van der Waals surface area contributed by atoms with Crippen molar-refractivity contribution >= 4 is 21.8 Å². The number of halogens is 1. The third kappa shape index (κ3) is 4.91. The summed E-state index contributed by atoms with van der Waals surface area (Å²) in [5, 5.41) is 9.77. The highest BCUT2D eigenvalue weighted by Crippen LogP contribution is 2.23. The lowest BCUT2D eigenvalue weighted by Gasteiger charge is -2.20. The molecule has 1 aromatic carbocycles. The van der Waals surface area contributed by atoms with Gasteiger partial charge in [-0.05, 0) is 58.2 Å². The second kappa shape index (κ2) is 7.23. The summed E-state index contributed by atoms with van der Waals surface area (Å²) in [6.07, 6.45) is 1.47. The molecule has 0 bridgehead atoms. The van der Waals surface area contributed by atoms with Gasteiger partial charge >= 0.3 is 0 Å². The number of carbonyl (C=O) groups excluding carboxylic acids is 1. The first kappa shape index (κ1) is 17.2. The van der Waals surface area contributed by atoms with Gasteiger partial charge in [-0.15, -0.1) is 0 Å². The Kier molecular flexibility index (Phi) is 6.21. The zero-order valence-corrected chi connectivity index (χ0v) is 14.3. The van der Waals surface area contributed by atoms with E-state index in [9.17, 15) is 9.90 Å². The van der Waals surface area contributed by atoms with Gasteiger partial charge in [-0.3, -0.25) is 4.79 Å². The zero-order chi connectivity index (χ0) is 15.3. The molecule has 20 heavy (non-hydrogen) atoms. The second-order valence-corrected chi connectivity index (χ2v) is 6.45. The number of aryl methyl sites for hydroxylation is 1. The Morgan fingerprint density at radius 2 is 1.90 bits per heavy atom. The van der Waals surface area contributed by atoms with Crippen LogP contribution in [-0.2, 0) is 6.42 Å². The van der Waals surface area contributed by atoms with Gasteiger partial charge in [-0.1, -0.05) is 22.0 Å². The first-order valence-corrected chi connectivity index (χ1v) is 7.88. The Balaban J connectivity index is 2.85. The van der Waals surface area contributed by atoms with E-state index in [0.29, 0.717) is 25.1 Å². The van der Waals surface area contributed by atoms with Crippen molar-refractivity contribution in [2.24, 2.45) is 0 Å². The molecular weight excluding hydrogens is 318 g/mol. The quantitative estimate of drug-likeness (QED) is 0.858. The van der Waals surface area contributed by atoms with Crippen molar-refractivity contribution in [2.45, 2.75) is 46.1 Å². The molecule has 0 fully saturated rings. The lowest BCUT2D eigenvalue weighted by atomic mass is 9.98. The second-order valence-electron chi connectivity index (χ2n) is 5.60. The van der Waals surface area contributed by atoms with Gasteiger partial charge < -0.3 is 10.0 Å². The van der Waals surface area contributed by atoms with E-state index in [2.05, 4.69) is 15.9 Å². The molecule has 0 atom stereocenters. The van der Waals surface area contributed by atoms with Gasteiger partial charge in [-0.2, -0.15) is 0 Å². The van der Waals surface area contributed by atoms with E-state index in [4.69, 9.17) is 0 Å². The van der Waals surface area contributed by atoms with Crippen LogP contribution in [0.5, 0.6) is 0 Å². The molecule has 0 radical (unpaired) electrons. The molecule has 0 unspecified atom stereocenters. The molecule has 0 heterocycles. The van der Waals surface area contributed by atoms with Crippen LogP contribution in [0.3, 0.4) is 0 Å². The minimum atomic E-state index is -0.671. The number of aliphatic hydroxyl groups is 1. The molecule has 4 heteroatoms. The molecule has 3 nitrogen and oxygen atoms in total. The third-order valence-electron chi connectivity index (χ3n) is 3.36. The Morgan fingerprint density at radius 1 is 1.30 bits per heavy atom. The van der Waals surface area contributed by atoms with Gasteiger partial charge in [0.15, 0.2) is 0 Å². The molecule has 0 aliphatic rings. The van der Waals surface area contributed by atoms with E-state index in [0.717, 1.165) is 16.5 Å². The van der Waals surface area contributed by atoms with Gasteiger partial charge in [-0.25, -0.2) is 0 Å². The van der Waals surface area contributed by atoms with E-state index >= 15 is 0 Å². The maximum absolute atomic E-state index is 12.3. The van der Waals surface area contributed by atoms with Crippen LogP contribution in [-0.4, -0.2) is 34.6 Å². The highest BCUT2D eigenvalue weighted by molar-refractivity contribution is 9.10. The molecule has 0 saturated carbocycles. The van der Waals surface area contributed by atoms with Crippen molar-refractivity contribution in [3.05, 3.63) is 33.8 Å². The van der Waals surface area contributed by atoms with E-state index in [1.54, 1.807) is 18.7 Å². The minimum Gasteiger partial charge on any atom is -0.390 e. The number of amides is 1. The molecule has 0 aromatic heterocycles. The fraction of sp³-hybridized carbons (Fsp3) is 0.562. The maximum atomic E-state index is 12.3. The lowest BCUT2D eigenvalue weighted by Crippen LogP contribution is -2.30. The van der Waals surface area contributed by atoms with E-state index in [-0.39, 0.29) is 5.91 Å². The molecule has 1 amide bonds.